The second-order valence-corrected chi connectivity index (χ2v) is 6.97. The Balaban J connectivity index is 1.62. The van der Waals surface area contributed by atoms with Gasteiger partial charge < -0.3 is 5.32 Å². The first-order chi connectivity index (χ1) is 14.1. The van der Waals surface area contributed by atoms with Gasteiger partial charge in [-0.3, -0.25) is 14.2 Å². The van der Waals surface area contributed by atoms with Gasteiger partial charge in [-0.1, -0.05) is 72.8 Å². The van der Waals surface area contributed by atoms with E-state index in [1.165, 1.54) is 10.9 Å². The van der Waals surface area contributed by atoms with Gasteiger partial charge in [-0.2, -0.15) is 0 Å². The third-order valence-corrected chi connectivity index (χ3v) is 4.94. The quantitative estimate of drug-likeness (QED) is 0.573. The van der Waals surface area contributed by atoms with Gasteiger partial charge >= 0.3 is 0 Å². The van der Waals surface area contributed by atoms with Crippen LogP contribution in [0.4, 0.5) is 0 Å². The van der Waals surface area contributed by atoms with E-state index in [0.717, 1.165) is 16.7 Å². The van der Waals surface area contributed by atoms with Gasteiger partial charge in [-0.05, 0) is 29.7 Å². The average molecular weight is 383 g/mol. The van der Waals surface area contributed by atoms with Gasteiger partial charge in [-0.25, -0.2) is 4.98 Å². The topological polar surface area (TPSA) is 64.0 Å². The third-order valence-electron chi connectivity index (χ3n) is 4.94. The molecule has 0 saturated carbocycles. The van der Waals surface area contributed by atoms with Crippen LogP contribution in [0, 0.1) is 6.92 Å². The molecule has 0 atom stereocenters. The maximum Gasteiger partial charge on any atom is 0.261 e. The van der Waals surface area contributed by atoms with Crippen molar-refractivity contribution in [1.82, 2.24) is 14.9 Å². The molecule has 1 N–H and O–H groups in total. The summed E-state index contributed by atoms with van der Waals surface area (Å²) in [7, 11) is 0. The minimum absolute atomic E-state index is 0.0914. The molecule has 0 bridgehead atoms. The van der Waals surface area contributed by atoms with Crippen LogP contribution in [0.5, 0.6) is 0 Å². The summed E-state index contributed by atoms with van der Waals surface area (Å²) in [5.74, 6) is -0.251. The summed E-state index contributed by atoms with van der Waals surface area (Å²) < 4.78 is 1.35. The van der Waals surface area contributed by atoms with E-state index < -0.39 is 0 Å². The summed E-state index contributed by atoms with van der Waals surface area (Å²) in [6.07, 6.45) is 1.44. The number of hydrogen-bond acceptors (Lipinski definition) is 3. The van der Waals surface area contributed by atoms with Gasteiger partial charge in [0.05, 0.1) is 23.3 Å². The number of benzene rings is 3. The maximum atomic E-state index is 12.8. The van der Waals surface area contributed by atoms with Crippen LogP contribution >= 0.6 is 0 Å². The van der Waals surface area contributed by atoms with E-state index in [-0.39, 0.29) is 24.1 Å². The molecule has 0 aliphatic carbocycles. The molecule has 4 rings (SSSR count). The molecule has 0 unspecified atom stereocenters. The molecule has 1 heterocycles. The highest BCUT2D eigenvalue weighted by molar-refractivity contribution is 5.81. The van der Waals surface area contributed by atoms with Crippen molar-refractivity contribution in [3.05, 3.63) is 112 Å². The second kappa shape index (κ2) is 8.10. The lowest BCUT2D eigenvalue weighted by Gasteiger charge is -2.20. The Morgan fingerprint density at radius 3 is 2.17 bits per heavy atom. The number of carbonyl (C=O) groups is 1. The molecule has 1 aromatic heterocycles. The van der Waals surface area contributed by atoms with Crippen molar-refractivity contribution in [2.45, 2.75) is 19.5 Å². The minimum atomic E-state index is -0.295. The highest BCUT2D eigenvalue weighted by Crippen LogP contribution is 2.21. The zero-order chi connectivity index (χ0) is 20.2. The summed E-state index contributed by atoms with van der Waals surface area (Å²) >= 11 is 0. The van der Waals surface area contributed by atoms with Crippen LogP contribution in [-0.4, -0.2) is 15.5 Å². The zero-order valence-corrected chi connectivity index (χ0v) is 16.1. The van der Waals surface area contributed by atoms with Crippen molar-refractivity contribution in [2.24, 2.45) is 0 Å². The SMILES string of the molecule is Cc1cccc2c(=O)n(CC(=O)NC(c3ccccc3)c3ccccc3)cnc12. The number of nitrogens with one attached hydrogen (secondary N) is 1. The number of rotatable bonds is 5. The van der Waals surface area contributed by atoms with E-state index in [2.05, 4.69) is 10.3 Å². The van der Waals surface area contributed by atoms with Crippen molar-refractivity contribution in [3.63, 3.8) is 0 Å². The Morgan fingerprint density at radius 2 is 1.55 bits per heavy atom. The van der Waals surface area contributed by atoms with Gasteiger partial charge in [-0.15, -0.1) is 0 Å². The number of amides is 1. The van der Waals surface area contributed by atoms with Crippen molar-refractivity contribution in [2.75, 3.05) is 0 Å². The highest BCUT2D eigenvalue weighted by atomic mass is 16.2. The summed E-state index contributed by atoms with van der Waals surface area (Å²) in [6, 6.07) is 24.7. The molecule has 0 aliphatic rings. The van der Waals surface area contributed by atoms with E-state index >= 15 is 0 Å². The lowest BCUT2D eigenvalue weighted by atomic mass is 9.99. The third kappa shape index (κ3) is 3.94. The number of para-hydroxylation sites is 1. The molecule has 0 fully saturated rings. The molecule has 0 aliphatic heterocycles. The molecule has 5 heteroatoms. The Hall–Kier alpha value is -3.73. The molecule has 3 aromatic carbocycles. The van der Waals surface area contributed by atoms with E-state index in [1.807, 2.05) is 79.7 Å². The van der Waals surface area contributed by atoms with Crippen LogP contribution in [0.3, 0.4) is 0 Å². The van der Waals surface area contributed by atoms with E-state index in [4.69, 9.17) is 0 Å². The van der Waals surface area contributed by atoms with Crippen LogP contribution in [0.1, 0.15) is 22.7 Å². The van der Waals surface area contributed by atoms with Gasteiger partial charge in [0.25, 0.3) is 5.56 Å². The fourth-order valence-corrected chi connectivity index (χ4v) is 3.46. The maximum absolute atomic E-state index is 12.8. The molecule has 1 amide bonds. The number of fused-ring (bicyclic) bond motifs is 1. The number of hydrogen-bond donors (Lipinski definition) is 1. The Morgan fingerprint density at radius 1 is 0.931 bits per heavy atom. The van der Waals surface area contributed by atoms with Crippen LogP contribution in [0.2, 0.25) is 0 Å². The van der Waals surface area contributed by atoms with Crippen LogP contribution in [0.25, 0.3) is 10.9 Å². The van der Waals surface area contributed by atoms with E-state index in [1.54, 1.807) is 6.07 Å². The molecule has 4 aromatic rings. The minimum Gasteiger partial charge on any atom is -0.344 e. The van der Waals surface area contributed by atoms with Gasteiger partial charge in [0.15, 0.2) is 0 Å². The van der Waals surface area contributed by atoms with Crippen LogP contribution in [-0.2, 0) is 11.3 Å². The predicted octanol–water partition coefficient (Wildman–Crippen LogP) is 3.61. The first-order valence-electron chi connectivity index (χ1n) is 9.47. The normalized spacial score (nSPS) is 11.0. The summed E-state index contributed by atoms with van der Waals surface area (Å²) in [4.78, 5) is 30.0. The first kappa shape index (κ1) is 18.6. The summed E-state index contributed by atoms with van der Waals surface area (Å²) in [5.41, 5.74) is 3.34. The predicted molar refractivity (Wildman–Crippen MR) is 114 cm³/mol. The molecule has 144 valence electrons. The van der Waals surface area contributed by atoms with Crippen molar-refractivity contribution in [1.29, 1.82) is 0 Å². The monoisotopic (exact) mass is 383 g/mol. The second-order valence-electron chi connectivity index (χ2n) is 6.97. The van der Waals surface area contributed by atoms with Crippen molar-refractivity contribution in [3.8, 4) is 0 Å². The Bertz CT molecular complexity index is 1160. The molecule has 0 radical (unpaired) electrons. The average Bonchev–Trinajstić information content (AvgIpc) is 2.76. The number of carbonyl (C=O) groups excluding carboxylic acids is 1. The standard InChI is InChI=1S/C24H21N3O2/c1-17-9-8-14-20-22(17)25-16-27(24(20)29)15-21(28)26-23(18-10-4-2-5-11-18)19-12-6-3-7-13-19/h2-14,16,23H,15H2,1H3,(H,26,28). The lowest BCUT2D eigenvalue weighted by molar-refractivity contribution is -0.122. The number of nitrogens with zero attached hydrogens (tertiary/aromatic N) is 2. The Labute approximate surface area is 168 Å². The molecular weight excluding hydrogens is 362 g/mol. The van der Waals surface area contributed by atoms with E-state index in [0.29, 0.717) is 10.9 Å². The molecular formula is C24H21N3O2. The highest BCUT2D eigenvalue weighted by Gasteiger charge is 2.17. The zero-order valence-electron chi connectivity index (χ0n) is 16.1. The largest absolute Gasteiger partial charge is 0.344 e. The fraction of sp³-hybridized carbons (Fsp3) is 0.125. The van der Waals surface area contributed by atoms with Gasteiger partial charge in [0.1, 0.15) is 6.54 Å². The van der Waals surface area contributed by atoms with Crippen molar-refractivity contribution >= 4 is 16.8 Å². The number of aryl methyl sites for hydroxylation is 1. The molecule has 0 saturated heterocycles. The first-order valence-corrected chi connectivity index (χ1v) is 9.47. The molecule has 0 spiro atoms. The fourth-order valence-electron chi connectivity index (χ4n) is 3.46. The van der Waals surface area contributed by atoms with Gasteiger partial charge in [0.2, 0.25) is 5.91 Å². The smallest absolute Gasteiger partial charge is 0.261 e. The van der Waals surface area contributed by atoms with Crippen LogP contribution in [0.15, 0.2) is 90.0 Å². The Kier molecular flexibility index (Phi) is 5.20. The molecule has 29 heavy (non-hydrogen) atoms. The summed E-state index contributed by atoms with van der Waals surface area (Å²) in [6.45, 7) is 1.82. The molecule has 5 nitrogen and oxygen atoms in total. The van der Waals surface area contributed by atoms with Crippen molar-refractivity contribution < 1.29 is 4.79 Å². The van der Waals surface area contributed by atoms with Gasteiger partial charge in [0, 0.05) is 0 Å². The summed E-state index contributed by atoms with van der Waals surface area (Å²) in [5, 5.41) is 3.57. The van der Waals surface area contributed by atoms with E-state index in [9.17, 15) is 9.59 Å². The van der Waals surface area contributed by atoms with Crippen LogP contribution < -0.4 is 10.9 Å². The lowest BCUT2D eigenvalue weighted by Crippen LogP contribution is -2.35. The number of aromatic nitrogens is 2.